The average Bonchev–Trinajstić information content (AvgIpc) is 3.08. The number of carbonyl (C=O) groups excluding carboxylic acids is 1. The standard InChI is InChI=1S/C20H34FN7O3S/c1-3-12(2)14-8-16(27-4-6-32(30,31)7-5-27)15(10-23-14)25-20(29)17-18(22)26-28-11-13(21)9-24-19(17)28/h12-16,23-24H,3-11H2,1-2H3,(H2,22,26)(H,25,29). The van der Waals surface area contributed by atoms with Gasteiger partial charge in [-0.3, -0.25) is 9.69 Å². The minimum Gasteiger partial charge on any atom is -0.381 e. The van der Waals surface area contributed by atoms with Gasteiger partial charge in [-0.25, -0.2) is 17.5 Å². The van der Waals surface area contributed by atoms with E-state index < -0.39 is 16.0 Å². The number of rotatable bonds is 5. The monoisotopic (exact) mass is 471 g/mol. The van der Waals surface area contributed by atoms with Gasteiger partial charge in [-0.2, -0.15) is 5.10 Å². The lowest BCUT2D eigenvalue weighted by atomic mass is 9.85. The van der Waals surface area contributed by atoms with Gasteiger partial charge in [0.1, 0.15) is 17.6 Å². The highest BCUT2D eigenvalue weighted by Crippen LogP contribution is 2.28. The van der Waals surface area contributed by atoms with Crippen LogP contribution in [0.1, 0.15) is 37.0 Å². The number of hydrogen-bond acceptors (Lipinski definition) is 8. The molecule has 32 heavy (non-hydrogen) atoms. The van der Waals surface area contributed by atoms with Gasteiger partial charge in [0.05, 0.1) is 24.1 Å². The molecule has 4 heterocycles. The highest BCUT2D eigenvalue weighted by Gasteiger charge is 2.39. The molecule has 0 bridgehead atoms. The SMILES string of the molecule is CCC(C)C1CC(N2CCS(=O)(=O)CC2)C(NC(=O)c2c(N)nn3c2NCC(F)C3)CN1. The summed E-state index contributed by atoms with van der Waals surface area (Å²) in [6.07, 6.45) is 0.775. The second kappa shape index (κ2) is 9.14. The van der Waals surface area contributed by atoms with Crippen molar-refractivity contribution in [2.24, 2.45) is 5.92 Å². The average molecular weight is 472 g/mol. The van der Waals surface area contributed by atoms with Gasteiger partial charge in [0.25, 0.3) is 5.91 Å². The first-order chi connectivity index (χ1) is 15.2. The molecule has 1 amide bonds. The van der Waals surface area contributed by atoms with E-state index >= 15 is 0 Å². The molecule has 3 aliphatic heterocycles. The Morgan fingerprint density at radius 1 is 1.34 bits per heavy atom. The first-order valence-corrected chi connectivity index (χ1v) is 13.2. The summed E-state index contributed by atoms with van der Waals surface area (Å²) >= 11 is 0. The van der Waals surface area contributed by atoms with Gasteiger partial charge in [-0.05, 0) is 12.3 Å². The highest BCUT2D eigenvalue weighted by atomic mass is 32.2. The summed E-state index contributed by atoms with van der Waals surface area (Å²) in [6.45, 7) is 6.05. The minimum absolute atomic E-state index is 0.0190. The molecule has 12 heteroatoms. The number of nitrogens with zero attached hydrogens (tertiary/aromatic N) is 3. The lowest BCUT2D eigenvalue weighted by Gasteiger charge is -2.46. The molecule has 0 aliphatic carbocycles. The van der Waals surface area contributed by atoms with E-state index in [-0.39, 0.29) is 54.0 Å². The van der Waals surface area contributed by atoms with Crippen LogP contribution in [0.3, 0.4) is 0 Å². The Labute approximate surface area is 188 Å². The van der Waals surface area contributed by atoms with Crippen molar-refractivity contribution in [2.75, 3.05) is 48.7 Å². The molecule has 4 rings (SSSR count). The van der Waals surface area contributed by atoms with Crippen LogP contribution in [0.4, 0.5) is 16.0 Å². The predicted octanol–water partition coefficient (Wildman–Crippen LogP) is -0.166. The van der Waals surface area contributed by atoms with E-state index in [9.17, 15) is 17.6 Å². The Hall–Kier alpha value is -1.92. The van der Waals surface area contributed by atoms with Crippen LogP contribution in [0.15, 0.2) is 0 Å². The van der Waals surface area contributed by atoms with Gasteiger partial charge in [0.2, 0.25) is 0 Å². The van der Waals surface area contributed by atoms with Crippen LogP contribution in [0.25, 0.3) is 0 Å². The fourth-order valence-corrected chi connectivity index (χ4v) is 6.19. The molecule has 180 valence electrons. The van der Waals surface area contributed by atoms with Crippen molar-refractivity contribution in [3.63, 3.8) is 0 Å². The molecule has 2 saturated heterocycles. The number of carbonyl (C=O) groups is 1. The van der Waals surface area contributed by atoms with Gasteiger partial charge < -0.3 is 21.7 Å². The van der Waals surface area contributed by atoms with Gasteiger partial charge in [-0.15, -0.1) is 0 Å². The molecule has 0 spiro atoms. The molecule has 10 nitrogen and oxygen atoms in total. The number of piperidine rings is 1. The van der Waals surface area contributed by atoms with Gasteiger partial charge in [-0.1, -0.05) is 20.3 Å². The fourth-order valence-electron chi connectivity index (χ4n) is 4.97. The quantitative estimate of drug-likeness (QED) is 0.465. The number of fused-ring (bicyclic) bond motifs is 1. The van der Waals surface area contributed by atoms with E-state index in [1.165, 1.54) is 4.68 Å². The van der Waals surface area contributed by atoms with Crippen LogP contribution < -0.4 is 21.7 Å². The van der Waals surface area contributed by atoms with Gasteiger partial charge in [0.15, 0.2) is 15.7 Å². The van der Waals surface area contributed by atoms with E-state index in [1.807, 2.05) is 0 Å². The van der Waals surface area contributed by atoms with Crippen LogP contribution in [-0.4, -0.2) is 91.0 Å². The second-order valence-corrected chi connectivity index (χ2v) is 11.5. The van der Waals surface area contributed by atoms with Crippen molar-refractivity contribution in [1.29, 1.82) is 0 Å². The Morgan fingerprint density at radius 2 is 2.06 bits per heavy atom. The van der Waals surface area contributed by atoms with Crippen molar-refractivity contribution in [2.45, 2.75) is 57.5 Å². The molecule has 0 aromatic carbocycles. The number of alkyl halides is 1. The molecule has 5 unspecified atom stereocenters. The summed E-state index contributed by atoms with van der Waals surface area (Å²) in [6, 6.07) is 0.107. The molecule has 5 atom stereocenters. The van der Waals surface area contributed by atoms with Crippen LogP contribution in [0, 0.1) is 5.92 Å². The third kappa shape index (κ3) is 4.72. The largest absolute Gasteiger partial charge is 0.381 e. The zero-order chi connectivity index (χ0) is 23.0. The van der Waals surface area contributed by atoms with Crippen molar-refractivity contribution in [3.8, 4) is 0 Å². The molecule has 3 aliphatic rings. The maximum absolute atomic E-state index is 13.7. The number of anilines is 2. The Balaban J connectivity index is 1.52. The maximum Gasteiger partial charge on any atom is 0.259 e. The number of nitrogen functional groups attached to an aromatic ring is 1. The third-order valence-electron chi connectivity index (χ3n) is 7.12. The van der Waals surface area contributed by atoms with E-state index in [0.717, 1.165) is 12.8 Å². The summed E-state index contributed by atoms with van der Waals surface area (Å²) in [5.74, 6) is 0.917. The molecule has 0 saturated carbocycles. The maximum atomic E-state index is 13.7. The van der Waals surface area contributed by atoms with E-state index in [0.29, 0.717) is 37.4 Å². The Bertz CT molecular complexity index is 939. The van der Waals surface area contributed by atoms with Gasteiger partial charge >= 0.3 is 0 Å². The summed E-state index contributed by atoms with van der Waals surface area (Å²) < 4.78 is 39.0. The summed E-state index contributed by atoms with van der Waals surface area (Å²) in [4.78, 5) is 15.4. The summed E-state index contributed by atoms with van der Waals surface area (Å²) in [7, 11) is -3.00. The van der Waals surface area contributed by atoms with Crippen molar-refractivity contribution < 1.29 is 17.6 Å². The molecule has 1 aromatic heterocycles. The number of nitrogens with two attached hydrogens (primary N) is 1. The second-order valence-electron chi connectivity index (χ2n) is 9.24. The first-order valence-electron chi connectivity index (χ1n) is 11.4. The van der Waals surface area contributed by atoms with Crippen LogP contribution in [0.2, 0.25) is 0 Å². The summed E-state index contributed by atoms with van der Waals surface area (Å²) in [5, 5.41) is 13.7. The van der Waals surface area contributed by atoms with Gasteiger partial charge in [0, 0.05) is 38.3 Å². The number of nitrogens with one attached hydrogen (secondary N) is 3. The third-order valence-corrected chi connectivity index (χ3v) is 8.73. The Kier molecular flexibility index (Phi) is 6.64. The number of amides is 1. The van der Waals surface area contributed by atoms with E-state index in [2.05, 4.69) is 39.8 Å². The lowest BCUT2D eigenvalue weighted by molar-refractivity contribution is 0.0791. The summed E-state index contributed by atoms with van der Waals surface area (Å²) in [5.41, 5.74) is 6.25. The number of sulfone groups is 1. The zero-order valence-electron chi connectivity index (χ0n) is 18.7. The molecule has 2 fully saturated rings. The highest BCUT2D eigenvalue weighted by molar-refractivity contribution is 7.91. The molecular weight excluding hydrogens is 437 g/mol. The molecule has 5 N–H and O–H groups in total. The first kappa shape index (κ1) is 23.2. The van der Waals surface area contributed by atoms with Crippen LogP contribution in [0.5, 0.6) is 0 Å². The van der Waals surface area contributed by atoms with E-state index in [4.69, 9.17) is 5.73 Å². The smallest absolute Gasteiger partial charge is 0.259 e. The van der Waals surface area contributed by atoms with Crippen molar-refractivity contribution in [3.05, 3.63) is 5.56 Å². The predicted molar refractivity (Wildman–Crippen MR) is 121 cm³/mol. The van der Waals surface area contributed by atoms with E-state index in [1.54, 1.807) is 0 Å². The zero-order valence-corrected chi connectivity index (χ0v) is 19.5. The van der Waals surface area contributed by atoms with Crippen LogP contribution >= 0.6 is 0 Å². The van der Waals surface area contributed by atoms with Crippen LogP contribution in [-0.2, 0) is 16.4 Å². The minimum atomic E-state index is -3.00. The number of halogens is 1. The normalized spacial score (nSPS) is 31.3. The molecule has 1 aromatic rings. The van der Waals surface area contributed by atoms with Crippen molar-refractivity contribution in [1.82, 2.24) is 25.3 Å². The number of hydrogen-bond donors (Lipinski definition) is 4. The number of aromatic nitrogens is 2. The topological polar surface area (TPSA) is 134 Å². The fraction of sp³-hybridized carbons (Fsp3) is 0.800. The Morgan fingerprint density at radius 3 is 2.75 bits per heavy atom. The molecule has 0 radical (unpaired) electrons. The van der Waals surface area contributed by atoms with Crippen molar-refractivity contribution >= 4 is 27.4 Å². The lowest BCUT2D eigenvalue weighted by Crippen LogP contribution is -2.64. The molecular formula is C20H34FN7O3S.